The van der Waals surface area contributed by atoms with Crippen LogP contribution in [0.5, 0.6) is 0 Å². The molecule has 1 saturated heterocycles. The van der Waals surface area contributed by atoms with Gasteiger partial charge in [-0.05, 0) is 18.6 Å². The molecule has 2 heterocycles. The maximum absolute atomic E-state index is 11.9. The summed E-state index contributed by atoms with van der Waals surface area (Å²) in [5.74, 6) is -1.67. The molecule has 2 rings (SSSR count). The fourth-order valence-corrected chi connectivity index (χ4v) is 2.98. The molecule has 88 valence electrons. The van der Waals surface area contributed by atoms with Gasteiger partial charge in [-0.25, -0.2) is 13.2 Å². The van der Waals surface area contributed by atoms with Crippen molar-refractivity contribution >= 4 is 15.8 Å². The molecule has 1 fully saturated rings. The molecule has 0 amide bonds. The van der Waals surface area contributed by atoms with Gasteiger partial charge in [0.05, 0.1) is 11.9 Å². The highest BCUT2D eigenvalue weighted by Crippen LogP contribution is 2.24. The van der Waals surface area contributed by atoms with E-state index in [1.807, 2.05) is 0 Å². The second-order valence-corrected chi connectivity index (χ2v) is 5.61. The Hall–Kier alpha value is -1.34. The monoisotopic (exact) mass is 246 g/mol. The number of furan rings is 1. The van der Waals surface area contributed by atoms with Crippen molar-refractivity contribution in [3.63, 3.8) is 0 Å². The average Bonchev–Trinajstić information content (AvgIpc) is 2.90. The normalized spacial score (nSPS) is 21.1. The van der Waals surface area contributed by atoms with E-state index in [1.54, 1.807) is 0 Å². The molecule has 0 radical (unpaired) electrons. The topological polar surface area (TPSA) is 93.8 Å². The maximum atomic E-state index is 11.9. The highest BCUT2D eigenvalue weighted by atomic mass is 32.2. The molecular formula is C9H10O6S. The van der Waals surface area contributed by atoms with Gasteiger partial charge in [0.15, 0.2) is 0 Å². The summed E-state index contributed by atoms with van der Waals surface area (Å²) >= 11 is 0. The number of carbonyl (C=O) groups is 1. The van der Waals surface area contributed by atoms with E-state index in [0.717, 1.165) is 12.1 Å². The molecule has 1 atom stereocenters. The van der Waals surface area contributed by atoms with Crippen molar-refractivity contribution in [2.24, 2.45) is 0 Å². The van der Waals surface area contributed by atoms with E-state index < -0.39 is 21.1 Å². The van der Waals surface area contributed by atoms with Gasteiger partial charge in [0, 0.05) is 6.61 Å². The fourth-order valence-electron chi connectivity index (χ4n) is 1.51. The fraction of sp³-hybridized carbons (Fsp3) is 0.444. The van der Waals surface area contributed by atoms with Gasteiger partial charge in [-0.3, -0.25) is 0 Å². The number of hydrogen-bond donors (Lipinski definition) is 1. The second-order valence-electron chi connectivity index (χ2n) is 3.45. The SMILES string of the molecule is O=C(O)c1ccc(S(=O)(=O)C2CCOC2)o1. The van der Waals surface area contributed by atoms with Crippen molar-refractivity contribution in [1.82, 2.24) is 0 Å². The predicted octanol–water partition coefficient (Wildman–Crippen LogP) is 0.540. The van der Waals surface area contributed by atoms with Gasteiger partial charge in [-0.15, -0.1) is 0 Å². The Morgan fingerprint density at radius 3 is 2.69 bits per heavy atom. The Balaban J connectivity index is 2.31. The summed E-state index contributed by atoms with van der Waals surface area (Å²) in [4.78, 5) is 10.5. The number of rotatable bonds is 3. The highest BCUT2D eigenvalue weighted by molar-refractivity contribution is 7.92. The van der Waals surface area contributed by atoms with Crippen LogP contribution in [0.25, 0.3) is 0 Å². The molecule has 1 N–H and O–H groups in total. The first-order chi connectivity index (χ1) is 7.51. The lowest BCUT2D eigenvalue weighted by Crippen LogP contribution is -2.20. The Morgan fingerprint density at radius 1 is 1.44 bits per heavy atom. The number of carboxylic acids is 1. The lowest BCUT2D eigenvalue weighted by molar-refractivity contribution is 0.0656. The molecule has 0 aromatic carbocycles. The Kier molecular flexibility index (Phi) is 2.73. The second kappa shape index (κ2) is 3.91. The lowest BCUT2D eigenvalue weighted by atomic mass is 10.4. The van der Waals surface area contributed by atoms with Crippen LogP contribution < -0.4 is 0 Å². The highest BCUT2D eigenvalue weighted by Gasteiger charge is 2.33. The van der Waals surface area contributed by atoms with Gasteiger partial charge in [-0.1, -0.05) is 0 Å². The number of hydrogen-bond acceptors (Lipinski definition) is 5. The van der Waals surface area contributed by atoms with Crippen LogP contribution in [0.4, 0.5) is 0 Å². The van der Waals surface area contributed by atoms with Crippen molar-refractivity contribution in [2.45, 2.75) is 16.8 Å². The van der Waals surface area contributed by atoms with Crippen LogP contribution in [-0.2, 0) is 14.6 Å². The van der Waals surface area contributed by atoms with Gasteiger partial charge < -0.3 is 14.3 Å². The van der Waals surface area contributed by atoms with Crippen molar-refractivity contribution in [3.8, 4) is 0 Å². The quantitative estimate of drug-likeness (QED) is 0.836. The zero-order valence-corrected chi connectivity index (χ0v) is 9.07. The van der Waals surface area contributed by atoms with Gasteiger partial charge >= 0.3 is 5.97 Å². The molecule has 0 aliphatic carbocycles. The van der Waals surface area contributed by atoms with Crippen molar-refractivity contribution in [3.05, 3.63) is 17.9 Å². The summed E-state index contributed by atoms with van der Waals surface area (Å²) in [6.45, 7) is 0.530. The first-order valence-corrected chi connectivity index (χ1v) is 6.21. The first-order valence-electron chi connectivity index (χ1n) is 4.66. The summed E-state index contributed by atoms with van der Waals surface area (Å²) in [5, 5.41) is 7.67. The number of carboxylic acid groups (broad SMARTS) is 1. The molecular weight excluding hydrogens is 236 g/mol. The van der Waals surface area contributed by atoms with E-state index in [9.17, 15) is 13.2 Å². The van der Waals surface area contributed by atoms with E-state index in [4.69, 9.17) is 14.3 Å². The minimum absolute atomic E-state index is 0.130. The van der Waals surface area contributed by atoms with Crippen LogP contribution in [0.3, 0.4) is 0 Å². The van der Waals surface area contributed by atoms with E-state index in [2.05, 4.69) is 0 Å². The van der Waals surface area contributed by atoms with E-state index in [1.165, 1.54) is 0 Å². The van der Waals surface area contributed by atoms with Gasteiger partial charge in [0.2, 0.25) is 20.7 Å². The molecule has 1 aliphatic rings. The molecule has 16 heavy (non-hydrogen) atoms. The van der Waals surface area contributed by atoms with E-state index in [-0.39, 0.29) is 17.5 Å². The zero-order chi connectivity index (χ0) is 11.8. The molecule has 0 bridgehead atoms. The molecule has 1 aromatic heterocycles. The third-order valence-electron chi connectivity index (χ3n) is 2.40. The summed E-state index contributed by atoms with van der Waals surface area (Å²) in [6.07, 6.45) is 0.408. The van der Waals surface area contributed by atoms with Gasteiger partial charge in [-0.2, -0.15) is 0 Å². The van der Waals surface area contributed by atoms with Gasteiger partial charge in [0.1, 0.15) is 0 Å². The Labute approximate surface area is 91.7 Å². The lowest BCUT2D eigenvalue weighted by Gasteiger charge is -2.05. The third kappa shape index (κ3) is 1.83. The predicted molar refractivity (Wildman–Crippen MR) is 52.1 cm³/mol. The summed E-state index contributed by atoms with van der Waals surface area (Å²) in [6, 6.07) is 2.29. The number of aromatic carboxylic acids is 1. The van der Waals surface area contributed by atoms with Crippen molar-refractivity contribution < 1.29 is 27.5 Å². The maximum Gasteiger partial charge on any atom is 0.371 e. The molecule has 7 heteroatoms. The van der Waals surface area contributed by atoms with Crippen LogP contribution in [0.15, 0.2) is 21.6 Å². The van der Waals surface area contributed by atoms with Crippen LogP contribution in [-0.4, -0.2) is 38.0 Å². The van der Waals surface area contributed by atoms with Crippen LogP contribution in [0.2, 0.25) is 0 Å². The van der Waals surface area contributed by atoms with E-state index in [0.29, 0.717) is 13.0 Å². The molecule has 6 nitrogen and oxygen atoms in total. The smallest absolute Gasteiger partial charge is 0.371 e. The molecule has 1 aliphatic heterocycles. The first kappa shape index (κ1) is 11.2. The molecule has 1 unspecified atom stereocenters. The van der Waals surface area contributed by atoms with Crippen molar-refractivity contribution in [2.75, 3.05) is 13.2 Å². The standard InChI is InChI=1S/C9H10O6S/c10-9(11)7-1-2-8(15-7)16(12,13)6-3-4-14-5-6/h1-2,6H,3-5H2,(H,10,11). The zero-order valence-electron chi connectivity index (χ0n) is 8.25. The summed E-state index contributed by atoms with van der Waals surface area (Å²) in [7, 11) is -3.61. The molecule has 0 spiro atoms. The van der Waals surface area contributed by atoms with E-state index >= 15 is 0 Å². The number of ether oxygens (including phenoxy) is 1. The Bertz CT molecular complexity index is 494. The van der Waals surface area contributed by atoms with Gasteiger partial charge in [0.25, 0.3) is 0 Å². The summed E-state index contributed by atoms with van der Waals surface area (Å²) < 4.78 is 33.6. The Morgan fingerprint density at radius 2 is 2.19 bits per heavy atom. The average molecular weight is 246 g/mol. The summed E-state index contributed by atoms with van der Waals surface area (Å²) in [5.41, 5.74) is 0. The molecule has 0 saturated carbocycles. The largest absolute Gasteiger partial charge is 0.475 e. The van der Waals surface area contributed by atoms with Crippen LogP contribution in [0.1, 0.15) is 17.0 Å². The van der Waals surface area contributed by atoms with Crippen molar-refractivity contribution in [1.29, 1.82) is 0 Å². The minimum Gasteiger partial charge on any atom is -0.475 e. The van der Waals surface area contributed by atoms with Crippen LogP contribution in [0, 0.1) is 0 Å². The third-order valence-corrected chi connectivity index (χ3v) is 4.43. The van der Waals surface area contributed by atoms with Crippen LogP contribution >= 0.6 is 0 Å². The molecule has 1 aromatic rings. The minimum atomic E-state index is -3.61. The number of sulfone groups is 1.